The molecule has 0 aliphatic carbocycles. The van der Waals surface area contributed by atoms with Crippen LogP contribution >= 0.6 is 0 Å². The van der Waals surface area contributed by atoms with Crippen LogP contribution in [0, 0.1) is 0 Å². The van der Waals surface area contributed by atoms with E-state index in [9.17, 15) is 13.2 Å². The maximum atomic E-state index is 12.6. The Kier molecular flexibility index (Phi) is 5.85. The van der Waals surface area contributed by atoms with Gasteiger partial charge in [0.15, 0.2) is 6.61 Å². The molecule has 0 saturated carbocycles. The van der Waals surface area contributed by atoms with E-state index in [-0.39, 0.29) is 17.4 Å². The molecule has 1 aromatic heterocycles. The van der Waals surface area contributed by atoms with Crippen LogP contribution < -0.4 is 10.1 Å². The molecule has 26 heavy (non-hydrogen) atoms. The zero-order chi connectivity index (χ0) is 18.4. The zero-order valence-electron chi connectivity index (χ0n) is 14.3. The Hall–Kier alpha value is -2.45. The largest absolute Gasteiger partial charge is 0.482 e. The summed E-state index contributed by atoms with van der Waals surface area (Å²) in [4.78, 5) is 16.1. The van der Waals surface area contributed by atoms with Gasteiger partial charge in [0.1, 0.15) is 5.75 Å². The van der Waals surface area contributed by atoms with Crippen molar-refractivity contribution in [2.75, 3.05) is 25.0 Å². The van der Waals surface area contributed by atoms with Crippen molar-refractivity contribution in [3.8, 4) is 5.75 Å². The van der Waals surface area contributed by atoms with E-state index >= 15 is 0 Å². The van der Waals surface area contributed by atoms with Crippen molar-refractivity contribution < 1.29 is 17.9 Å². The van der Waals surface area contributed by atoms with Gasteiger partial charge in [-0.25, -0.2) is 8.42 Å². The first-order valence-electron chi connectivity index (χ1n) is 8.48. The molecule has 7 nitrogen and oxygen atoms in total. The number of rotatable bonds is 6. The summed E-state index contributed by atoms with van der Waals surface area (Å²) < 4.78 is 32.0. The molecule has 0 atom stereocenters. The molecule has 1 aliphatic rings. The van der Waals surface area contributed by atoms with E-state index in [2.05, 4.69) is 10.3 Å². The van der Waals surface area contributed by atoms with Gasteiger partial charge < -0.3 is 10.1 Å². The number of amides is 1. The van der Waals surface area contributed by atoms with Gasteiger partial charge in [-0.05, 0) is 49.2 Å². The Morgan fingerprint density at radius 2 is 1.85 bits per heavy atom. The first-order chi connectivity index (χ1) is 12.6. The van der Waals surface area contributed by atoms with Crippen LogP contribution in [0.4, 0.5) is 5.69 Å². The van der Waals surface area contributed by atoms with Crippen molar-refractivity contribution >= 4 is 21.6 Å². The molecule has 0 bridgehead atoms. The minimum atomic E-state index is -3.46. The predicted octanol–water partition coefficient (Wildman–Crippen LogP) is 2.27. The number of benzene rings is 1. The second-order valence-electron chi connectivity index (χ2n) is 6.01. The van der Waals surface area contributed by atoms with Crippen LogP contribution in [0.15, 0.2) is 53.7 Å². The molecule has 1 aromatic carbocycles. The summed E-state index contributed by atoms with van der Waals surface area (Å²) in [5.41, 5.74) is 0.516. The fourth-order valence-electron chi connectivity index (χ4n) is 2.74. The van der Waals surface area contributed by atoms with Crippen LogP contribution in [0.5, 0.6) is 5.75 Å². The van der Waals surface area contributed by atoms with Gasteiger partial charge in [-0.3, -0.25) is 9.78 Å². The molecule has 1 aliphatic heterocycles. The molecule has 2 heterocycles. The quantitative estimate of drug-likeness (QED) is 0.837. The van der Waals surface area contributed by atoms with Crippen molar-refractivity contribution in [1.82, 2.24) is 9.29 Å². The van der Waals surface area contributed by atoms with Crippen molar-refractivity contribution in [3.05, 3.63) is 48.8 Å². The third kappa shape index (κ3) is 4.59. The fraction of sp³-hybridized carbons (Fsp3) is 0.333. The topological polar surface area (TPSA) is 88.6 Å². The van der Waals surface area contributed by atoms with Crippen LogP contribution in [0.25, 0.3) is 0 Å². The number of hydrogen-bond acceptors (Lipinski definition) is 5. The average Bonchev–Trinajstić information content (AvgIpc) is 2.68. The zero-order valence-corrected chi connectivity index (χ0v) is 15.1. The van der Waals surface area contributed by atoms with E-state index in [4.69, 9.17) is 4.74 Å². The van der Waals surface area contributed by atoms with Gasteiger partial charge in [-0.2, -0.15) is 4.31 Å². The van der Waals surface area contributed by atoms with Gasteiger partial charge in [0.2, 0.25) is 10.0 Å². The molecule has 3 rings (SSSR count). The Labute approximate surface area is 153 Å². The monoisotopic (exact) mass is 375 g/mol. The van der Waals surface area contributed by atoms with Gasteiger partial charge in [-0.15, -0.1) is 0 Å². The second kappa shape index (κ2) is 8.29. The van der Waals surface area contributed by atoms with E-state index in [1.54, 1.807) is 30.5 Å². The number of carbonyl (C=O) groups is 1. The Morgan fingerprint density at radius 1 is 1.12 bits per heavy atom. The molecule has 0 radical (unpaired) electrons. The summed E-state index contributed by atoms with van der Waals surface area (Å²) in [5.74, 6) is 0.172. The molecule has 0 spiro atoms. The molecule has 0 unspecified atom stereocenters. The summed E-state index contributed by atoms with van der Waals surface area (Å²) in [6.07, 6.45) is 5.99. The first kappa shape index (κ1) is 18.3. The molecule has 1 N–H and O–H groups in total. The van der Waals surface area contributed by atoms with Crippen LogP contribution in [0.2, 0.25) is 0 Å². The van der Waals surface area contributed by atoms with E-state index in [1.165, 1.54) is 22.6 Å². The van der Waals surface area contributed by atoms with Gasteiger partial charge in [0, 0.05) is 25.0 Å². The number of anilines is 1. The maximum absolute atomic E-state index is 12.6. The third-order valence-corrected chi connectivity index (χ3v) is 6.01. The standard InChI is InChI=1S/C18H21N3O4S/c22-18(14-25-16-5-4-10-19-13-16)20-15-6-8-17(9-7-15)26(23,24)21-11-2-1-3-12-21/h4-10,13H,1-3,11-12,14H2,(H,20,22). The molecule has 1 amide bonds. The normalized spacial score (nSPS) is 15.4. The van der Waals surface area contributed by atoms with Crippen molar-refractivity contribution in [1.29, 1.82) is 0 Å². The first-order valence-corrected chi connectivity index (χ1v) is 9.92. The second-order valence-corrected chi connectivity index (χ2v) is 7.95. The van der Waals surface area contributed by atoms with Crippen molar-refractivity contribution in [2.45, 2.75) is 24.2 Å². The van der Waals surface area contributed by atoms with Gasteiger partial charge in [-0.1, -0.05) is 6.42 Å². The number of piperidine rings is 1. The minimum absolute atomic E-state index is 0.153. The van der Waals surface area contributed by atoms with Gasteiger partial charge in [0.05, 0.1) is 11.1 Å². The van der Waals surface area contributed by atoms with Gasteiger partial charge in [0.25, 0.3) is 5.91 Å². The molecule has 138 valence electrons. The number of ether oxygens (including phenoxy) is 1. The fourth-order valence-corrected chi connectivity index (χ4v) is 4.26. The van der Waals surface area contributed by atoms with Crippen LogP contribution in [0.1, 0.15) is 19.3 Å². The smallest absolute Gasteiger partial charge is 0.262 e. The summed E-state index contributed by atoms with van der Waals surface area (Å²) in [7, 11) is -3.46. The highest BCUT2D eigenvalue weighted by atomic mass is 32.2. The molecule has 1 saturated heterocycles. The van der Waals surface area contributed by atoms with Crippen LogP contribution in [0.3, 0.4) is 0 Å². The lowest BCUT2D eigenvalue weighted by Crippen LogP contribution is -2.35. The predicted molar refractivity (Wildman–Crippen MR) is 97.4 cm³/mol. The molecule has 8 heteroatoms. The number of carbonyl (C=O) groups excluding carboxylic acids is 1. The van der Waals surface area contributed by atoms with E-state index in [0.29, 0.717) is 24.5 Å². The number of hydrogen-bond donors (Lipinski definition) is 1. The Morgan fingerprint density at radius 3 is 2.50 bits per heavy atom. The molecule has 1 fully saturated rings. The SMILES string of the molecule is O=C(COc1cccnc1)Nc1ccc(S(=O)(=O)N2CCCCC2)cc1. The average molecular weight is 375 g/mol. The Bertz CT molecular complexity index is 832. The number of sulfonamides is 1. The van der Waals surface area contributed by atoms with Gasteiger partial charge >= 0.3 is 0 Å². The van der Waals surface area contributed by atoms with Crippen molar-refractivity contribution in [3.63, 3.8) is 0 Å². The number of aromatic nitrogens is 1. The maximum Gasteiger partial charge on any atom is 0.262 e. The summed E-state index contributed by atoms with van der Waals surface area (Å²) in [6.45, 7) is 0.971. The van der Waals surface area contributed by atoms with Crippen molar-refractivity contribution in [2.24, 2.45) is 0 Å². The highest BCUT2D eigenvalue weighted by Gasteiger charge is 2.25. The molecular weight excluding hydrogens is 354 g/mol. The van der Waals surface area contributed by atoms with E-state index < -0.39 is 10.0 Å². The highest BCUT2D eigenvalue weighted by Crippen LogP contribution is 2.22. The van der Waals surface area contributed by atoms with Crippen LogP contribution in [-0.2, 0) is 14.8 Å². The number of pyridine rings is 1. The lowest BCUT2D eigenvalue weighted by atomic mass is 10.2. The van der Waals surface area contributed by atoms with E-state index in [0.717, 1.165) is 19.3 Å². The minimum Gasteiger partial charge on any atom is -0.482 e. The van der Waals surface area contributed by atoms with E-state index in [1.807, 2.05) is 0 Å². The lowest BCUT2D eigenvalue weighted by molar-refractivity contribution is -0.118. The lowest BCUT2D eigenvalue weighted by Gasteiger charge is -2.25. The summed E-state index contributed by atoms with van der Waals surface area (Å²) >= 11 is 0. The molecular formula is C18H21N3O4S. The van der Waals surface area contributed by atoms with Crippen LogP contribution in [-0.4, -0.2) is 43.3 Å². The Balaban J connectivity index is 1.58. The third-order valence-electron chi connectivity index (χ3n) is 4.10. The summed E-state index contributed by atoms with van der Waals surface area (Å²) in [6, 6.07) is 9.62. The number of nitrogens with one attached hydrogen (secondary N) is 1. The highest BCUT2D eigenvalue weighted by molar-refractivity contribution is 7.89. The summed E-state index contributed by atoms with van der Waals surface area (Å²) in [5, 5.41) is 2.68. The molecule has 2 aromatic rings. The number of nitrogens with zero attached hydrogens (tertiary/aromatic N) is 2.